The van der Waals surface area contributed by atoms with Gasteiger partial charge in [-0.05, 0) is 19.1 Å². The number of nitrogens with one attached hydrogen (secondary N) is 1. The van der Waals surface area contributed by atoms with Crippen LogP contribution in [0.2, 0.25) is 0 Å². The van der Waals surface area contributed by atoms with E-state index in [9.17, 15) is 4.79 Å². The minimum absolute atomic E-state index is 0.231. The summed E-state index contributed by atoms with van der Waals surface area (Å²) in [6.45, 7) is 2.09. The van der Waals surface area contributed by atoms with Crippen LogP contribution in [0.25, 0.3) is 22.8 Å². The van der Waals surface area contributed by atoms with Gasteiger partial charge in [-0.15, -0.1) is 0 Å². The van der Waals surface area contributed by atoms with E-state index in [1.165, 1.54) is 0 Å². The second-order valence-electron chi connectivity index (χ2n) is 6.05. The van der Waals surface area contributed by atoms with Gasteiger partial charge in [-0.1, -0.05) is 47.6 Å². The van der Waals surface area contributed by atoms with Crippen molar-refractivity contribution in [1.82, 2.24) is 15.5 Å². The third-order valence-corrected chi connectivity index (χ3v) is 4.07. The number of hydrogen-bond acceptors (Lipinski definition) is 5. The highest BCUT2D eigenvalue weighted by Gasteiger charge is 2.17. The van der Waals surface area contributed by atoms with Crippen molar-refractivity contribution in [3.8, 4) is 22.8 Å². The van der Waals surface area contributed by atoms with Gasteiger partial charge in [0.05, 0.1) is 18.3 Å². The first-order valence-corrected chi connectivity index (χ1v) is 8.52. The Labute approximate surface area is 155 Å². The lowest BCUT2D eigenvalue weighted by Crippen LogP contribution is -2.23. The average molecular weight is 359 g/mol. The van der Waals surface area contributed by atoms with Gasteiger partial charge in [0.25, 0.3) is 5.91 Å². The van der Waals surface area contributed by atoms with E-state index in [1.807, 2.05) is 42.5 Å². The summed E-state index contributed by atoms with van der Waals surface area (Å²) < 4.78 is 10.9. The number of rotatable bonds is 5. The monoisotopic (exact) mass is 359 g/mol. The summed E-state index contributed by atoms with van der Waals surface area (Å²) in [6.07, 6.45) is 1.66. The third-order valence-electron chi connectivity index (χ3n) is 4.07. The number of aromatic nitrogens is 2. The molecule has 6 heteroatoms. The lowest BCUT2D eigenvalue weighted by molar-refractivity contribution is 0.0950. The van der Waals surface area contributed by atoms with Crippen molar-refractivity contribution < 1.29 is 13.7 Å². The molecule has 27 heavy (non-hydrogen) atoms. The molecule has 0 radical (unpaired) electrons. The van der Waals surface area contributed by atoms with Gasteiger partial charge in [0.1, 0.15) is 11.5 Å². The Morgan fingerprint density at radius 1 is 1.07 bits per heavy atom. The molecular formula is C21H17N3O3. The summed E-state index contributed by atoms with van der Waals surface area (Å²) in [5.74, 6) is 1.52. The lowest BCUT2D eigenvalue weighted by Gasteiger charge is -2.07. The van der Waals surface area contributed by atoms with E-state index in [0.29, 0.717) is 34.2 Å². The van der Waals surface area contributed by atoms with Gasteiger partial charge in [0.2, 0.25) is 5.89 Å². The number of carbonyl (C=O) groups excluding carboxylic acids is 1. The van der Waals surface area contributed by atoms with E-state index < -0.39 is 0 Å². The lowest BCUT2D eigenvalue weighted by atomic mass is 10.1. The zero-order chi connectivity index (χ0) is 18.6. The molecule has 0 fully saturated rings. The molecule has 0 spiro atoms. The number of carbonyl (C=O) groups is 1. The molecule has 0 aliphatic carbocycles. The Morgan fingerprint density at radius 3 is 2.63 bits per heavy atom. The largest absolute Gasteiger partial charge is 0.436 e. The number of amides is 1. The van der Waals surface area contributed by atoms with Crippen molar-refractivity contribution in [3.05, 3.63) is 83.9 Å². The fourth-order valence-electron chi connectivity index (χ4n) is 2.77. The van der Waals surface area contributed by atoms with Crippen molar-refractivity contribution in [1.29, 1.82) is 0 Å². The van der Waals surface area contributed by atoms with Gasteiger partial charge < -0.3 is 14.3 Å². The number of oxazole rings is 1. The van der Waals surface area contributed by atoms with Crippen molar-refractivity contribution in [2.75, 3.05) is 0 Å². The second-order valence-corrected chi connectivity index (χ2v) is 6.05. The number of benzene rings is 2. The first-order chi connectivity index (χ1) is 13.2. The molecular weight excluding hydrogens is 342 g/mol. The molecule has 0 aliphatic rings. The molecule has 4 rings (SSSR count). The molecule has 0 atom stereocenters. The minimum atomic E-state index is -0.231. The van der Waals surface area contributed by atoms with Gasteiger partial charge in [0.15, 0.2) is 5.76 Å². The summed E-state index contributed by atoms with van der Waals surface area (Å²) in [7, 11) is 0. The molecule has 0 saturated carbocycles. The van der Waals surface area contributed by atoms with E-state index in [2.05, 4.69) is 15.5 Å². The summed E-state index contributed by atoms with van der Waals surface area (Å²) in [5, 5.41) is 6.72. The quantitative estimate of drug-likeness (QED) is 0.576. The summed E-state index contributed by atoms with van der Waals surface area (Å²) in [6, 6.07) is 18.7. The second kappa shape index (κ2) is 7.29. The van der Waals surface area contributed by atoms with Crippen molar-refractivity contribution in [2.24, 2.45) is 0 Å². The molecule has 0 unspecified atom stereocenters. The van der Waals surface area contributed by atoms with Crippen LogP contribution in [-0.2, 0) is 6.54 Å². The predicted molar refractivity (Wildman–Crippen MR) is 99.8 cm³/mol. The zero-order valence-electron chi connectivity index (χ0n) is 14.7. The van der Waals surface area contributed by atoms with E-state index in [4.69, 9.17) is 8.94 Å². The van der Waals surface area contributed by atoms with E-state index in [1.54, 1.807) is 31.3 Å². The fourth-order valence-corrected chi connectivity index (χ4v) is 2.77. The van der Waals surface area contributed by atoms with Crippen LogP contribution < -0.4 is 5.32 Å². The highest BCUT2D eigenvalue weighted by atomic mass is 16.5. The first kappa shape index (κ1) is 16.8. The normalized spacial score (nSPS) is 10.7. The van der Waals surface area contributed by atoms with Gasteiger partial charge in [-0.3, -0.25) is 4.79 Å². The standard InChI is InChI=1S/C21H17N3O3/c1-14-11-16(24-27-14)12-22-20(25)17-9-5-6-10-18(17)21-23-13-19(26-21)15-7-3-2-4-8-15/h2-11,13H,12H2,1H3,(H,22,25). The zero-order valence-corrected chi connectivity index (χ0v) is 14.7. The summed E-state index contributed by atoms with van der Waals surface area (Å²) in [5.41, 5.74) is 2.72. The van der Waals surface area contributed by atoms with Crippen LogP contribution in [0.15, 0.2) is 75.8 Å². The highest BCUT2D eigenvalue weighted by Crippen LogP contribution is 2.28. The van der Waals surface area contributed by atoms with Crippen molar-refractivity contribution in [2.45, 2.75) is 13.5 Å². The molecule has 2 heterocycles. The van der Waals surface area contributed by atoms with E-state index >= 15 is 0 Å². The Balaban J connectivity index is 1.58. The number of nitrogens with zero attached hydrogens (tertiary/aromatic N) is 2. The Morgan fingerprint density at radius 2 is 1.85 bits per heavy atom. The fraction of sp³-hybridized carbons (Fsp3) is 0.0952. The maximum absolute atomic E-state index is 12.7. The molecule has 6 nitrogen and oxygen atoms in total. The summed E-state index contributed by atoms with van der Waals surface area (Å²) >= 11 is 0. The SMILES string of the molecule is Cc1cc(CNC(=O)c2ccccc2-c2ncc(-c3ccccc3)o2)no1. The average Bonchev–Trinajstić information content (AvgIpc) is 3.36. The van der Waals surface area contributed by atoms with Gasteiger partial charge >= 0.3 is 0 Å². The third kappa shape index (κ3) is 3.64. The molecule has 1 amide bonds. The molecule has 0 aliphatic heterocycles. The molecule has 0 bridgehead atoms. The Hall–Kier alpha value is -3.67. The molecule has 2 aromatic heterocycles. The van der Waals surface area contributed by atoms with Crippen LogP contribution >= 0.6 is 0 Å². The van der Waals surface area contributed by atoms with E-state index in [-0.39, 0.29) is 12.5 Å². The van der Waals surface area contributed by atoms with Gasteiger partial charge in [-0.25, -0.2) is 4.98 Å². The smallest absolute Gasteiger partial charge is 0.252 e. The first-order valence-electron chi connectivity index (χ1n) is 8.52. The number of hydrogen-bond donors (Lipinski definition) is 1. The van der Waals surface area contributed by atoms with Crippen molar-refractivity contribution >= 4 is 5.91 Å². The predicted octanol–water partition coefficient (Wildman–Crippen LogP) is 4.24. The molecule has 2 aromatic carbocycles. The van der Waals surface area contributed by atoms with Gasteiger partial charge in [-0.2, -0.15) is 0 Å². The van der Waals surface area contributed by atoms with Crippen LogP contribution in [-0.4, -0.2) is 16.0 Å². The van der Waals surface area contributed by atoms with Crippen LogP contribution in [0, 0.1) is 6.92 Å². The van der Waals surface area contributed by atoms with E-state index in [0.717, 1.165) is 5.56 Å². The Bertz CT molecular complexity index is 1070. The van der Waals surface area contributed by atoms with Crippen LogP contribution in [0.3, 0.4) is 0 Å². The molecule has 134 valence electrons. The van der Waals surface area contributed by atoms with Crippen LogP contribution in [0.5, 0.6) is 0 Å². The molecule has 4 aromatic rings. The number of aryl methyl sites for hydroxylation is 1. The topological polar surface area (TPSA) is 81.2 Å². The minimum Gasteiger partial charge on any atom is -0.436 e. The highest BCUT2D eigenvalue weighted by molar-refractivity contribution is 6.00. The summed E-state index contributed by atoms with van der Waals surface area (Å²) in [4.78, 5) is 17.0. The maximum Gasteiger partial charge on any atom is 0.252 e. The van der Waals surface area contributed by atoms with Gasteiger partial charge in [0, 0.05) is 17.2 Å². The maximum atomic E-state index is 12.7. The van der Waals surface area contributed by atoms with Crippen LogP contribution in [0.1, 0.15) is 21.8 Å². The molecule has 0 saturated heterocycles. The van der Waals surface area contributed by atoms with Crippen molar-refractivity contribution in [3.63, 3.8) is 0 Å². The molecule has 1 N–H and O–H groups in total. The van der Waals surface area contributed by atoms with Crippen LogP contribution in [0.4, 0.5) is 0 Å². The Kier molecular flexibility index (Phi) is 4.53.